The van der Waals surface area contributed by atoms with Crippen LogP contribution in [-0.4, -0.2) is 46.9 Å². The van der Waals surface area contributed by atoms with Crippen LogP contribution in [0, 0.1) is 0 Å². The van der Waals surface area contributed by atoms with Crippen LogP contribution < -0.4 is 5.32 Å². The van der Waals surface area contributed by atoms with Gasteiger partial charge >= 0.3 is 5.97 Å². The van der Waals surface area contributed by atoms with Gasteiger partial charge in [-0.1, -0.05) is 251 Å². The van der Waals surface area contributed by atoms with E-state index in [2.05, 4.69) is 38.2 Å². The lowest BCUT2D eigenvalue weighted by Gasteiger charge is -2.24. The van der Waals surface area contributed by atoms with E-state index in [1.807, 2.05) is 0 Å². The molecule has 1 amide bonds. The summed E-state index contributed by atoms with van der Waals surface area (Å²) in [6.07, 6.45) is 54.2. The molecule has 60 heavy (non-hydrogen) atoms. The number of hydrogen-bond acceptors (Lipinski definition) is 5. The number of amides is 1. The van der Waals surface area contributed by atoms with Crippen molar-refractivity contribution in [3.8, 4) is 0 Å². The number of allylic oxidation sites excluding steroid dienone is 2. The number of carbonyl (C=O) groups is 2. The van der Waals surface area contributed by atoms with Crippen LogP contribution in [0.3, 0.4) is 0 Å². The third kappa shape index (κ3) is 43.3. The molecule has 3 atom stereocenters. The van der Waals surface area contributed by atoms with Gasteiger partial charge < -0.3 is 20.3 Å². The van der Waals surface area contributed by atoms with Crippen molar-refractivity contribution in [1.82, 2.24) is 5.32 Å². The Morgan fingerprint density at radius 2 is 0.817 bits per heavy atom. The van der Waals surface area contributed by atoms with Crippen molar-refractivity contribution in [1.29, 1.82) is 0 Å². The molecule has 0 aliphatic rings. The van der Waals surface area contributed by atoms with E-state index in [-0.39, 0.29) is 24.9 Å². The third-order valence-corrected chi connectivity index (χ3v) is 12.6. The number of rotatable bonds is 49. The predicted molar refractivity (Wildman–Crippen MR) is 260 cm³/mol. The summed E-state index contributed by atoms with van der Waals surface area (Å²) in [5.41, 5.74) is 0. The van der Waals surface area contributed by atoms with Crippen LogP contribution in [0.15, 0.2) is 12.2 Å². The maximum absolute atomic E-state index is 13.2. The van der Waals surface area contributed by atoms with E-state index in [0.717, 1.165) is 51.4 Å². The van der Waals surface area contributed by atoms with Gasteiger partial charge in [-0.3, -0.25) is 9.59 Å². The van der Waals surface area contributed by atoms with Gasteiger partial charge in [-0.15, -0.1) is 0 Å². The van der Waals surface area contributed by atoms with E-state index in [1.54, 1.807) is 0 Å². The largest absolute Gasteiger partial charge is 0.462 e. The topological polar surface area (TPSA) is 95.9 Å². The summed E-state index contributed by atoms with van der Waals surface area (Å²) in [5.74, 6) is -0.467. The highest BCUT2D eigenvalue weighted by atomic mass is 16.5. The highest BCUT2D eigenvalue weighted by Gasteiger charge is 2.24. The highest BCUT2D eigenvalue weighted by Crippen LogP contribution is 2.19. The average Bonchev–Trinajstić information content (AvgIpc) is 3.24. The standard InChI is InChI=1S/C54H105NO5/c1-4-7-10-13-16-19-22-24-25-26-27-29-32-34-37-40-43-46-52(57)51(49-56)55-53(58)48-50(45-42-39-36-33-31-28-23-20-17-14-11-8-5-2)60-54(59)47-44-41-38-35-30-21-18-15-12-9-6-3/h15,18,50-52,56-57H,4-14,16-17,19-49H2,1-3H3,(H,55,58)/b18-15-. The van der Waals surface area contributed by atoms with E-state index < -0.39 is 18.2 Å². The number of unbranched alkanes of at least 4 members (excludes halogenated alkanes) is 35. The number of esters is 1. The van der Waals surface area contributed by atoms with Gasteiger partial charge in [0.2, 0.25) is 5.91 Å². The molecule has 0 saturated carbocycles. The molecule has 0 spiro atoms. The molecule has 0 aromatic rings. The van der Waals surface area contributed by atoms with Gasteiger partial charge in [-0.25, -0.2) is 0 Å². The minimum absolute atomic E-state index is 0.0815. The van der Waals surface area contributed by atoms with Crippen molar-refractivity contribution in [2.75, 3.05) is 6.61 Å². The third-order valence-electron chi connectivity index (χ3n) is 12.6. The molecular weight excluding hydrogens is 743 g/mol. The first kappa shape index (κ1) is 58.6. The van der Waals surface area contributed by atoms with E-state index in [1.165, 1.54) is 199 Å². The minimum atomic E-state index is -0.783. The first-order valence-corrected chi connectivity index (χ1v) is 26.9. The van der Waals surface area contributed by atoms with Crippen LogP contribution >= 0.6 is 0 Å². The van der Waals surface area contributed by atoms with Crippen LogP contribution in [0.25, 0.3) is 0 Å². The normalized spacial score (nSPS) is 13.2. The fraction of sp³-hybridized carbons (Fsp3) is 0.926. The van der Waals surface area contributed by atoms with Crippen LogP contribution in [0.2, 0.25) is 0 Å². The number of aliphatic hydroxyl groups excluding tert-OH is 2. The van der Waals surface area contributed by atoms with Gasteiger partial charge in [0.1, 0.15) is 6.10 Å². The summed E-state index contributed by atoms with van der Waals surface area (Å²) < 4.78 is 5.93. The van der Waals surface area contributed by atoms with Crippen LogP contribution in [0.1, 0.15) is 297 Å². The molecule has 0 radical (unpaired) electrons. The number of carbonyl (C=O) groups excluding carboxylic acids is 2. The van der Waals surface area contributed by atoms with E-state index in [9.17, 15) is 19.8 Å². The zero-order valence-corrected chi connectivity index (χ0v) is 40.6. The quantitative estimate of drug-likeness (QED) is 0.0322. The average molecular weight is 848 g/mol. The minimum Gasteiger partial charge on any atom is -0.462 e. The molecule has 356 valence electrons. The Balaban J connectivity index is 4.45. The molecular formula is C54H105NO5. The van der Waals surface area contributed by atoms with E-state index >= 15 is 0 Å². The highest BCUT2D eigenvalue weighted by molar-refractivity contribution is 5.77. The molecule has 0 rings (SSSR count). The molecule has 0 aromatic carbocycles. The monoisotopic (exact) mass is 848 g/mol. The van der Waals surface area contributed by atoms with Crippen molar-refractivity contribution in [2.24, 2.45) is 0 Å². The molecule has 0 bridgehead atoms. The summed E-state index contributed by atoms with van der Waals surface area (Å²) in [7, 11) is 0. The Morgan fingerprint density at radius 3 is 1.23 bits per heavy atom. The summed E-state index contributed by atoms with van der Waals surface area (Å²) in [6.45, 7) is 6.48. The summed E-state index contributed by atoms with van der Waals surface area (Å²) in [5, 5.41) is 23.8. The number of hydrogen-bond donors (Lipinski definition) is 3. The Labute approximate surface area is 374 Å². The van der Waals surface area contributed by atoms with Gasteiger partial charge in [0, 0.05) is 6.42 Å². The van der Waals surface area contributed by atoms with Crippen molar-refractivity contribution in [3.05, 3.63) is 12.2 Å². The molecule has 0 fully saturated rings. The second kappa shape index (κ2) is 48.6. The van der Waals surface area contributed by atoms with Crippen molar-refractivity contribution in [2.45, 2.75) is 315 Å². The van der Waals surface area contributed by atoms with Crippen LogP contribution in [-0.2, 0) is 14.3 Å². The lowest BCUT2D eigenvalue weighted by atomic mass is 10.0. The zero-order chi connectivity index (χ0) is 43.8. The zero-order valence-electron chi connectivity index (χ0n) is 40.6. The van der Waals surface area contributed by atoms with Gasteiger partial charge in [0.25, 0.3) is 0 Å². The predicted octanol–water partition coefficient (Wildman–Crippen LogP) is 16.1. The van der Waals surface area contributed by atoms with Crippen molar-refractivity contribution >= 4 is 11.9 Å². The molecule has 6 heteroatoms. The molecule has 0 aliphatic heterocycles. The van der Waals surface area contributed by atoms with Crippen molar-refractivity contribution in [3.63, 3.8) is 0 Å². The van der Waals surface area contributed by atoms with E-state index in [4.69, 9.17) is 4.74 Å². The molecule has 0 heterocycles. The maximum atomic E-state index is 13.2. The second-order valence-electron chi connectivity index (χ2n) is 18.6. The van der Waals surface area contributed by atoms with Crippen molar-refractivity contribution < 1.29 is 24.5 Å². The lowest BCUT2D eigenvalue weighted by molar-refractivity contribution is -0.151. The maximum Gasteiger partial charge on any atom is 0.306 e. The first-order chi connectivity index (χ1) is 29.5. The number of nitrogens with one attached hydrogen (secondary N) is 1. The fourth-order valence-corrected chi connectivity index (χ4v) is 8.47. The fourth-order valence-electron chi connectivity index (χ4n) is 8.47. The molecule has 3 N–H and O–H groups in total. The van der Waals surface area contributed by atoms with Crippen LogP contribution in [0.4, 0.5) is 0 Å². The van der Waals surface area contributed by atoms with Gasteiger partial charge in [0.15, 0.2) is 0 Å². The summed E-state index contributed by atoms with van der Waals surface area (Å²) in [6, 6.07) is -0.696. The van der Waals surface area contributed by atoms with E-state index in [0.29, 0.717) is 19.3 Å². The second-order valence-corrected chi connectivity index (χ2v) is 18.6. The number of aliphatic hydroxyl groups is 2. The Kier molecular flexibility index (Phi) is 47.5. The summed E-state index contributed by atoms with van der Waals surface area (Å²) >= 11 is 0. The summed E-state index contributed by atoms with van der Waals surface area (Å²) in [4.78, 5) is 26.1. The van der Waals surface area contributed by atoms with Gasteiger partial charge in [0.05, 0.1) is 25.2 Å². The molecule has 0 aliphatic carbocycles. The SMILES string of the molecule is CCCC/C=C\CCCCCCCC(=O)OC(CCCCCCCCCCCCCCC)CC(=O)NC(CO)C(O)CCCCCCCCCCCCCCCCCCC. The Hall–Kier alpha value is -1.40. The molecule has 6 nitrogen and oxygen atoms in total. The molecule has 3 unspecified atom stereocenters. The molecule has 0 saturated heterocycles. The Bertz CT molecular complexity index is 909. The Morgan fingerprint density at radius 1 is 0.467 bits per heavy atom. The number of ether oxygens (including phenoxy) is 1. The van der Waals surface area contributed by atoms with Crippen LogP contribution in [0.5, 0.6) is 0 Å². The van der Waals surface area contributed by atoms with Gasteiger partial charge in [-0.05, 0) is 44.9 Å². The smallest absolute Gasteiger partial charge is 0.306 e. The van der Waals surface area contributed by atoms with Gasteiger partial charge in [-0.2, -0.15) is 0 Å². The first-order valence-electron chi connectivity index (χ1n) is 26.9. The lowest BCUT2D eigenvalue weighted by Crippen LogP contribution is -2.46. The molecule has 0 aromatic heterocycles.